The predicted octanol–water partition coefficient (Wildman–Crippen LogP) is 10.9. The first-order valence-corrected chi connectivity index (χ1v) is 15.8. The highest BCUT2D eigenvalue weighted by molar-refractivity contribution is 6.22. The summed E-state index contributed by atoms with van der Waals surface area (Å²) in [6, 6.07) is 49.0. The van der Waals surface area contributed by atoms with E-state index in [9.17, 15) is 0 Å². The molecule has 0 radical (unpaired) electrons. The maximum Gasteiger partial charge on any atom is 0.227 e. The van der Waals surface area contributed by atoms with Crippen molar-refractivity contribution in [2.45, 2.75) is 0 Å². The number of rotatable bonds is 4. The maximum absolute atomic E-state index is 6.57. The van der Waals surface area contributed by atoms with Crippen molar-refractivity contribution < 1.29 is 8.83 Å². The van der Waals surface area contributed by atoms with E-state index >= 15 is 0 Å². The standard InChI is InChI=1S/C42H24N4O2/c1-3-10-27(11-4-1)39-44-40(30-17-15-25-9-7-8-14-29(25)23-30)46-41(45-39)31-18-16-26-19-20-32-36-34(47-38(32)33(26)24-31)21-22-35-37(36)43-42(48-35)28-12-5-2-6-13-28/h1-24H. The van der Waals surface area contributed by atoms with Gasteiger partial charge in [0.05, 0.1) is 5.39 Å². The Balaban J connectivity index is 1.17. The average Bonchev–Trinajstić information content (AvgIpc) is 3.77. The molecular weight excluding hydrogens is 592 g/mol. The van der Waals surface area contributed by atoms with E-state index in [1.54, 1.807) is 0 Å². The summed E-state index contributed by atoms with van der Waals surface area (Å²) in [6.07, 6.45) is 0. The summed E-state index contributed by atoms with van der Waals surface area (Å²) in [5, 5.41) is 6.24. The van der Waals surface area contributed by atoms with Gasteiger partial charge in [0, 0.05) is 33.0 Å². The molecule has 3 aromatic heterocycles. The molecule has 0 unspecified atom stereocenters. The Morgan fingerprint density at radius 3 is 1.75 bits per heavy atom. The Labute approximate surface area is 274 Å². The summed E-state index contributed by atoms with van der Waals surface area (Å²) in [7, 11) is 0. The lowest BCUT2D eigenvalue weighted by molar-refractivity contribution is 0.619. The predicted molar refractivity (Wildman–Crippen MR) is 191 cm³/mol. The molecule has 0 bridgehead atoms. The van der Waals surface area contributed by atoms with Gasteiger partial charge in [0.15, 0.2) is 23.1 Å². The molecule has 6 nitrogen and oxygen atoms in total. The van der Waals surface area contributed by atoms with Crippen LogP contribution in [0.2, 0.25) is 0 Å². The summed E-state index contributed by atoms with van der Waals surface area (Å²) in [4.78, 5) is 19.9. The molecule has 0 fully saturated rings. The zero-order chi connectivity index (χ0) is 31.6. The quantitative estimate of drug-likeness (QED) is 0.196. The van der Waals surface area contributed by atoms with Crippen LogP contribution in [-0.4, -0.2) is 19.9 Å². The molecule has 0 saturated heterocycles. The van der Waals surface area contributed by atoms with E-state index in [4.69, 9.17) is 28.8 Å². The van der Waals surface area contributed by atoms with Gasteiger partial charge in [-0.05, 0) is 58.6 Å². The number of aromatic nitrogens is 4. The van der Waals surface area contributed by atoms with Crippen LogP contribution in [0.4, 0.5) is 0 Å². The molecular formula is C42H24N4O2. The summed E-state index contributed by atoms with van der Waals surface area (Å²) in [5.74, 6) is 2.41. The average molecular weight is 617 g/mol. The van der Waals surface area contributed by atoms with Crippen molar-refractivity contribution >= 4 is 54.6 Å². The van der Waals surface area contributed by atoms with Crippen LogP contribution in [-0.2, 0) is 0 Å². The van der Waals surface area contributed by atoms with E-state index in [0.717, 1.165) is 71.5 Å². The minimum absolute atomic E-state index is 0.585. The summed E-state index contributed by atoms with van der Waals surface area (Å²) in [5.41, 5.74) is 6.71. The third-order valence-corrected chi connectivity index (χ3v) is 8.93. The molecule has 0 amide bonds. The zero-order valence-electron chi connectivity index (χ0n) is 25.5. The molecule has 0 aliphatic heterocycles. The minimum atomic E-state index is 0.585. The molecule has 3 heterocycles. The molecule has 0 atom stereocenters. The summed E-state index contributed by atoms with van der Waals surface area (Å²) < 4.78 is 12.8. The van der Waals surface area contributed by atoms with Crippen LogP contribution in [0.5, 0.6) is 0 Å². The third-order valence-electron chi connectivity index (χ3n) is 8.93. The molecule has 0 N–H and O–H groups in total. The molecule has 48 heavy (non-hydrogen) atoms. The van der Waals surface area contributed by atoms with Crippen molar-refractivity contribution in [3.05, 3.63) is 146 Å². The minimum Gasteiger partial charge on any atom is -0.455 e. The topological polar surface area (TPSA) is 77.8 Å². The first-order valence-electron chi connectivity index (χ1n) is 15.8. The van der Waals surface area contributed by atoms with E-state index in [1.165, 1.54) is 5.39 Å². The van der Waals surface area contributed by atoms with Crippen LogP contribution in [0.15, 0.2) is 154 Å². The number of fused-ring (bicyclic) bond motifs is 8. The van der Waals surface area contributed by atoms with Crippen molar-refractivity contribution in [3.63, 3.8) is 0 Å². The fraction of sp³-hybridized carbons (Fsp3) is 0. The number of hydrogen-bond acceptors (Lipinski definition) is 6. The Kier molecular flexibility index (Phi) is 5.77. The van der Waals surface area contributed by atoms with Crippen molar-refractivity contribution in [1.29, 1.82) is 0 Å². The normalized spacial score (nSPS) is 11.8. The summed E-state index contributed by atoms with van der Waals surface area (Å²) >= 11 is 0. The van der Waals surface area contributed by atoms with Crippen molar-refractivity contribution in [2.75, 3.05) is 0 Å². The van der Waals surface area contributed by atoms with Crippen molar-refractivity contribution in [3.8, 4) is 45.6 Å². The van der Waals surface area contributed by atoms with Gasteiger partial charge < -0.3 is 8.83 Å². The van der Waals surface area contributed by atoms with Gasteiger partial charge in [-0.2, -0.15) is 0 Å². The van der Waals surface area contributed by atoms with Gasteiger partial charge in [0.2, 0.25) is 5.89 Å². The van der Waals surface area contributed by atoms with Gasteiger partial charge in [-0.15, -0.1) is 0 Å². The van der Waals surface area contributed by atoms with Gasteiger partial charge in [0.1, 0.15) is 16.7 Å². The van der Waals surface area contributed by atoms with Crippen LogP contribution >= 0.6 is 0 Å². The van der Waals surface area contributed by atoms with Gasteiger partial charge in [0.25, 0.3) is 0 Å². The third kappa shape index (κ3) is 4.27. The van der Waals surface area contributed by atoms with Gasteiger partial charge in [-0.3, -0.25) is 0 Å². The monoisotopic (exact) mass is 616 g/mol. The first-order chi connectivity index (χ1) is 23.7. The Bertz CT molecular complexity index is 2840. The van der Waals surface area contributed by atoms with Gasteiger partial charge in [-0.25, -0.2) is 19.9 Å². The second-order valence-electron chi connectivity index (χ2n) is 11.9. The van der Waals surface area contributed by atoms with Crippen LogP contribution in [0.25, 0.3) is 100 Å². The lowest BCUT2D eigenvalue weighted by atomic mass is 10.0. The van der Waals surface area contributed by atoms with E-state index in [-0.39, 0.29) is 0 Å². The van der Waals surface area contributed by atoms with Crippen LogP contribution < -0.4 is 0 Å². The molecule has 0 saturated carbocycles. The van der Waals surface area contributed by atoms with E-state index in [1.807, 2.05) is 84.9 Å². The molecule has 10 aromatic rings. The summed E-state index contributed by atoms with van der Waals surface area (Å²) in [6.45, 7) is 0. The number of nitrogens with zero attached hydrogens (tertiary/aromatic N) is 4. The highest BCUT2D eigenvalue weighted by Crippen LogP contribution is 2.40. The van der Waals surface area contributed by atoms with Crippen molar-refractivity contribution in [2.24, 2.45) is 0 Å². The van der Waals surface area contributed by atoms with Crippen molar-refractivity contribution in [1.82, 2.24) is 19.9 Å². The van der Waals surface area contributed by atoms with E-state index in [2.05, 4.69) is 60.7 Å². The van der Waals surface area contributed by atoms with Crippen LogP contribution in [0.3, 0.4) is 0 Å². The molecule has 0 spiro atoms. The SMILES string of the molecule is c1ccc(-c2nc(-c3ccc4ccccc4c3)nc(-c3ccc4ccc5c(oc6ccc7oc(-c8ccccc8)nc7c65)c4c3)n2)cc1. The highest BCUT2D eigenvalue weighted by atomic mass is 16.4. The molecule has 6 heteroatoms. The smallest absolute Gasteiger partial charge is 0.227 e. The molecule has 224 valence electrons. The Morgan fingerprint density at radius 1 is 0.375 bits per heavy atom. The largest absolute Gasteiger partial charge is 0.455 e. The maximum atomic E-state index is 6.57. The number of oxazole rings is 1. The van der Waals surface area contributed by atoms with Crippen LogP contribution in [0.1, 0.15) is 0 Å². The van der Waals surface area contributed by atoms with E-state index < -0.39 is 0 Å². The van der Waals surface area contributed by atoms with E-state index in [0.29, 0.717) is 23.4 Å². The molecule has 10 rings (SSSR count). The number of furan rings is 1. The molecule has 0 aliphatic rings. The second kappa shape index (κ2) is 10.4. The Morgan fingerprint density at radius 2 is 0.979 bits per heavy atom. The Hall–Kier alpha value is -6.66. The number of hydrogen-bond donors (Lipinski definition) is 0. The number of benzene rings is 7. The fourth-order valence-electron chi connectivity index (χ4n) is 6.55. The zero-order valence-corrected chi connectivity index (χ0v) is 25.5. The van der Waals surface area contributed by atoms with Gasteiger partial charge >= 0.3 is 0 Å². The highest BCUT2D eigenvalue weighted by Gasteiger charge is 2.19. The van der Waals surface area contributed by atoms with Crippen LogP contribution in [0, 0.1) is 0 Å². The fourth-order valence-corrected chi connectivity index (χ4v) is 6.55. The lowest BCUT2D eigenvalue weighted by Gasteiger charge is -2.10. The first kappa shape index (κ1) is 26.5. The second-order valence-corrected chi connectivity index (χ2v) is 11.9. The molecule has 7 aromatic carbocycles. The van der Waals surface area contributed by atoms with Gasteiger partial charge in [-0.1, -0.05) is 103 Å². The lowest BCUT2D eigenvalue weighted by Crippen LogP contribution is -2.00. The molecule has 0 aliphatic carbocycles.